The molecule has 2 nitrogen and oxygen atoms in total. The van der Waals surface area contributed by atoms with E-state index in [9.17, 15) is 5.11 Å². The number of hydrogen-bond donors (Lipinski definition) is 1. The SMILES string of the molecule is Oc1ccc(C[C@H]2COC[C@@H]2Cc2ccc(Cl)c(Cl)c2)cc1. The van der Waals surface area contributed by atoms with E-state index in [-0.39, 0.29) is 0 Å². The number of benzene rings is 2. The van der Waals surface area contributed by atoms with E-state index in [2.05, 4.69) is 0 Å². The van der Waals surface area contributed by atoms with Gasteiger partial charge in [0.2, 0.25) is 0 Å². The Hall–Kier alpha value is -1.22. The molecule has 2 atom stereocenters. The Morgan fingerprint density at radius 1 is 0.864 bits per heavy atom. The van der Waals surface area contributed by atoms with E-state index < -0.39 is 0 Å². The highest BCUT2D eigenvalue weighted by atomic mass is 35.5. The van der Waals surface area contributed by atoms with Crippen molar-refractivity contribution >= 4 is 23.2 Å². The molecule has 0 radical (unpaired) electrons. The smallest absolute Gasteiger partial charge is 0.115 e. The van der Waals surface area contributed by atoms with Gasteiger partial charge in [0.1, 0.15) is 5.75 Å². The zero-order valence-corrected chi connectivity index (χ0v) is 13.6. The minimum atomic E-state index is 0.304. The average Bonchev–Trinajstić information content (AvgIpc) is 2.92. The predicted molar refractivity (Wildman–Crippen MR) is 89.8 cm³/mol. The van der Waals surface area contributed by atoms with Gasteiger partial charge in [-0.2, -0.15) is 0 Å². The van der Waals surface area contributed by atoms with Gasteiger partial charge in [-0.05, 0) is 60.1 Å². The van der Waals surface area contributed by atoms with Gasteiger partial charge < -0.3 is 9.84 Å². The van der Waals surface area contributed by atoms with Crippen LogP contribution >= 0.6 is 23.2 Å². The van der Waals surface area contributed by atoms with E-state index in [4.69, 9.17) is 27.9 Å². The first-order valence-electron chi connectivity index (χ1n) is 7.41. The van der Waals surface area contributed by atoms with Crippen LogP contribution < -0.4 is 0 Å². The topological polar surface area (TPSA) is 29.5 Å². The fourth-order valence-electron chi connectivity index (χ4n) is 3.00. The average molecular weight is 337 g/mol. The molecule has 1 heterocycles. The van der Waals surface area contributed by atoms with Gasteiger partial charge in [0.25, 0.3) is 0 Å². The largest absolute Gasteiger partial charge is 0.508 e. The van der Waals surface area contributed by atoms with E-state index >= 15 is 0 Å². The molecule has 2 aromatic carbocycles. The molecule has 0 amide bonds. The standard InChI is InChI=1S/C18H18Cl2O2/c19-17-6-3-13(9-18(17)20)8-15-11-22-10-14(15)7-12-1-4-16(21)5-2-12/h1-6,9,14-15,21H,7-8,10-11H2/t14-,15-/m0/s1. The summed E-state index contributed by atoms with van der Waals surface area (Å²) in [7, 11) is 0. The maximum atomic E-state index is 9.36. The Labute approximate surface area is 140 Å². The normalized spacial score (nSPS) is 21.2. The van der Waals surface area contributed by atoms with Gasteiger partial charge in [-0.1, -0.05) is 41.4 Å². The van der Waals surface area contributed by atoms with Gasteiger partial charge in [-0.25, -0.2) is 0 Å². The lowest BCUT2D eigenvalue weighted by Crippen LogP contribution is -2.17. The van der Waals surface area contributed by atoms with Gasteiger partial charge in [-0.3, -0.25) is 0 Å². The number of hydrogen-bond acceptors (Lipinski definition) is 2. The van der Waals surface area contributed by atoms with Crippen LogP contribution in [0, 0.1) is 11.8 Å². The van der Waals surface area contributed by atoms with Crippen LogP contribution in [-0.2, 0) is 17.6 Å². The van der Waals surface area contributed by atoms with Crippen molar-refractivity contribution in [2.24, 2.45) is 11.8 Å². The molecule has 0 saturated carbocycles. The summed E-state index contributed by atoms with van der Waals surface area (Å²) in [5, 5.41) is 10.6. The van der Waals surface area contributed by atoms with Crippen molar-refractivity contribution in [1.82, 2.24) is 0 Å². The summed E-state index contributed by atoms with van der Waals surface area (Å²) in [5.41, 5.74) is 2.42. The second kappa shape index (κ2) is 6.91. The molecule has 0 bridgehead atoms. The Bertz CT molecular complexity index is 640. The summed E-state index contributed by atoms with van der Waals surface area (Å²) in [6, 6.07) is 13.2. The molecule has 2 aromatic rings. The number of aromatic hydroxyl groups is 1. The second-order valence-corrected chi connectivity index (χ2v) is 6.70. The third kappa shape index (κ3) is 3.75. The lowest BCUT2D eigenvalue weighted by atomic mass is 9.85. The first-order valence-corrected chi connectivity index (χ1v) is 8.17. The third-order valence-corrected chi connectivity index (χ3v) is 4.99. The lowest BCUT2D eigenvalue weighted by Gasteiger charge is -2.18. The summed E-state index contributed by atoms with van der Waals surface area (Å²) in [4.78, 5) is 0. The van der Waals surface area contributed by atoms with Crippen LogP contribution in [0.25, 0.3) is 0 Å². The lowest BCUT2D eigenvalue weighted by molar-refractivity contribution is 0.180. The molecule has 0 spiro atoms. The predicted octanol–water partition coefficient (Wildman–Crippen LogP) is 4.75. The van der Waals surface area contributed by atoms with Gasteiger partial charge in [-0.15, -0.1) is 0 Å². The van der Waals surface area contributed by atoms with Crippen molar-refractivity contribution in [3.63, 3.8) is 0 Å². The van der Waals surface area contributed by atoms with Crippen LogP contribution in [0.2, 0.25) is 10.0 Å². The summed E-state index contributed by atoms with van der Waals surface area (Å²) in [6.07, 6.45) is 1.91. The van der Waals surface area contributed by atoms with Gasteiger partial charge in [0.15, 0.2) is 0 Å². The van der Waals surface area contributed by atoms with Crippen LogP contribution in [-0.4, -0.2) is 18.3 Å². The number of phenols is 1. The van der Waals surface area contributed by atoms with Crippen LogP contribution in [0.4, 0.5) is 0 Å². The van der Waals surface area contributed by atoms with Gasteiger partial charge >= 0.3 is 0 Å². The van der Waals surface area contributed by atoms with Gasteiger partial charge in [0.05, 0.1) is 23.3 Å². The fourth-order valence-corrected chi connectivity index (χ4v) is 3.32. The number of ether oxygens (including phenoxy) is 1. The molecule has 1 aliphatic rings. The molecule has 0 unspecified atom stereocenters. The maximum Gasteiger partial charge on any atom is 0.115 e. The summed E-state index contributed by atoms with van der Waals surface area (Å²) in [6.45, 7) is 1.57. The Morgan fingerprint density at radius 3 is 2.09 bits per heavy atom. The first kappa shape index (κ1) is 15.7. The van der Waals surface area contributed by atoms with Crippen molar-refractivity contribution in [3.8, 4) is 5.75 Å². The Balaban J connectivity index is 1.67. The van der Waals surface area contributed by atoms with E-state index in [1.807, 2.05) is 30.3 Å². The third-order valence-electron chi connectivity index (χ3n) is 4.25. The second-order valence-electron chi connectivity index (χ2n) is 5.88. The molecule has 4 heteroatoms. The number of rotatable bonds is 4. The van der Waals surface area contributed by atoms with Crippen LogP contribution in [0.3, 0.4) is 0 Å². The van der Waals surface area contributed by atoms with Gasteiger partial charge in [0, 0.05) is 0 Å². The highest BCUT2D eigenvalue weighted by molar-refractivity contribution is 6.42. The molecule has 1 saturated heterocycles. The molecule has 116 valence electrons. The zero-order chi connectivity index (χ0) is 15.5. The first-order chi connectivity index (χ1) is 10.6. The monoisotopic (exact) mass is 336 g/mol. The highest BCUT2D eigenvalue weighted by Gasteiger charge is 2.28. The molecule has 1 fully saturated rings. The van der Waals surface area contributed by atoms with Crippen molar-refractivity contribution in [2.75, 3.05) is 13.2 Å². The summed E-state index contributed by atoms with van der Waals surface area (Å²) < 4.78 is 5.68. The minimum absolute atomic E-state index is 0.304. The quantitative estimate of drug-likeness (QED) is 0.873. The van der Waals surface area contributed by atoms with E-state index in [1.54, 1.807) is 12.1 Å². The molecular formula is C18H18Cl2O2. The molecule has 3 rings (SSSR count). The number of halogens is 2. The minimum Gasteiger partial charge on any atom is -0.508 e. The van der Waals surface area contributed by atoms with Crippen LogP contribution in [0.1, 0.15) is 11.1 Å². The fraction of sp³-hybridized carbons (Fsp3) is 0.333. The zero-order valence-electron chi connectivity index (χ0n) is 12.1. The van der Waals surface area contributed by atoms with E-state index in [0.29, 0.717) is 27.6 Å². The Morgan fingerprint density at radius 2 is 1.45 bits per heavy atom. The highest BCUT2D eigenvalue weighted by Crippen LogP contribution is 2.30. The molecule has 22 heavy (non-hydrogen) atoms. The molecule has 1 N–H and O–H groups in total. The van der Waals surface area contributed by atoms with E-state index in [1.165, 1.54) is 11.1 Å². The van der Waals surface area contributed by atoms with Crippen molar-refractivity contribution in [1.29, 1.82) is 0 Å². The molecule has 1 aliphatic heterocycles. The van der Waals surface area contributed by atoms with Crippen LogP contribution in [0.15, 0.2) is 42.5 Å². The Kier molecular flexibility index (Phi) is 4.92. The molecule has 0 aromatic heterocycles. The summed E-state index contributed by atoms with van der Waals surface area (Å²) in [5.74, 6) is 1.27. The summed E-state index contributed by atoms with van der Waals surface area (Å²) >= 11 is 12.1. The van der Waals surface area contributed by atoms with Crippen molar-refractivity contribution in [3.05, 3.63) is 63.6 Å². The number of phenolic OH excluding ortho intramolecular Hbond substituents is 1. The van der Waals surface area contributed by atoms with Crippen LogP contribution in [0.5, 0.6) is 5.75 Å². The van der Waals surface area contributed by atoms with Crippen molar-refractivity contribution in [2.45, 2.75) is 12.8 Å². The van der Waals surface area contributed by atoms with E-state index in [0.717, 1.165) is 26.1 Å². The molecule has 0 aliphatic carbocycles. The van der Waals surface area contributed by atoms with Crippen molar-refractivity contribution < 1.29 is 9.84 Å². The maximum absolute atomic E-state index is 9.36. The molecular weight excluding hydrogens is 319 g/mol.